The predicted molar refractivity (Wildman–Crippen MR) is 72.3 cm³/mol. The van der Waals surface area contributed by atoms with E-state index in [4.69, 9.17) is 14.2 Å². The van der Waals surface area contributed by atoms with E-state index in [9.17, 15) is 19.3 Å². The van der Waals surface area contributed by atoms with Crippen LogP contribution in [0.4, 0.5) is 0 Å². The van der Waals surface area contributed by atoms with Gasteiger partial charge in [0.05, 0.1) is 12.7 Å². The van der Waals surface area contributed by atoms with E-state index < -0.39 is 37.3 Å². The van der Waals surface area contributed by atoms with Gasteiger partial charge in [-0.1, -0.05) is 0 Å². The number of H-pyrrole nitrogens is 1. The van der Waals surface area contributed by atoms with Crippen molar-refractivity contribution in [2.24, 2.45) is 0 Å². The van der Waals surface area contributed by atoms with E-state index in [-0.39, 0.29) is 13.0 Å². The van der Waals surface area contributed by atoms with E-state index in [1.165, 1.54) is 10.8 Å². The molecular weight excluding hydrogens is 303 g/mol. The number of aromatic amines is 1. The Bertz CT molecular complexity index is 676. The third-order valence-corrected chi connectivity index (χ3v) is 3.77. The van der Waals surface area contributed by atoms with Crippen LogP contribution in [-0.4, -0.2) is 45.0 Å². The van der Waals surface area contributed by atoms with Crippen molar-refractivity contribution in [1.29, 1.82) is 0 Å². The summed E-state index contributed by atoms with van der Waals surface area (Å²) in [6, 6.07) is 0. The largest absolute Gasteiger partial charge is 0.390 e. The highest BCUT2D eigenvalue weighted by molar-refractivity contribution is 7.51. The molecule has 0 saturated carbocycles. The molecule has 0 spiro atoms. The average molecular weight is 320 g/mol. The molecule has 3 N–H and O–H groups in total. The Labute approximate surface area is 119 Å². The summed E-state index contributed by atoms with van der Waals surface area (Å²) in [5.74, 6) is 0. The third-order valence-electron chi connectivity index (χ3n) is 3.14. The van der Waals surface area contributed by atoms with Crippen LogP contribution in [0.5, 0.6) is 0 Å². The van der Waals surface area contributed by atoms with Crippen LogP contribution in [-0.2, 0) is 13.8 Å². The van der Waals surface area contributed by atoms with Crippen LogP contribution >= 0.6 is 7.60 Å². The Hall–Kier alpha value is -1.25. The van der Waals surface area contributed by atoms with Gasteiger partial charge >= 0.3 is 13.3 Å². The van der Waals surface area contributed by atoms with Crippen LogP contribution in [0.1, 0.15) is 18.2 Å². The number of aryl methyl sites for hydroxylation is 1. The summed E-state index contributed by atoms with van der Waals surface area (Å²) >= 11 is 0. The third kappa shape index (κ3) is 3.90. The fraction of sp³-hybridized carbons (Fsp3) is 0.636. The number of aromatic nitrogens is 2. The second-order valence-electron chi connectivity index (χ2n) is 5.01. The van der Waals surface area contributed by atoms with Gasteiger partial charge in [0.15, 0.2) is 0 Å². The number of ether oxygens (including phenoxy) is 1. The summed E-state index contributed by atoms with van der Waals surface area (Å²) in [6.07, 6.45) is -1.08. The van der Waals surface area contributed by atoms with Crippen molar-refractivity contribution in [3.63, 3.8) is 0 Å². The maximum atomic E-state index is 11.7. The molecular formula is C11H17N2O7P. The molecule has 4 atom stereocenters. The molecule has 21 heavy (non-hydrogen) atoms. The lowest BCUT2D eigenvalue weighted by molar-refractivity contribution is -0.0422. The number of aliphatic hydroxyl groups is 1. The lowest BCUT2D eigenvalue weighted by Gasteiger charge is -2.17. The van der Waals surface area contributed by atoms with Crippen molar-refractivity contribution in [3.05, 3.63) is 32.6 Å². The number of hydrogen-bond donors (Lipinski definition) is 3. The fourth-order valence-corrected chi connectivity index (χ4v) is 2.47. The molecule has 0 aliphatic carbocycles. The molecule has 2 heterocycles. The Balaban J connectivity index is 2.14. The van der Waals surface area contributed by atoms with E-state index in [0.29, 0.717) is 5.56 Å². The maximum absolute atomic E-state index is 11.7. The summed E-state index contributed by atoms with van der Waals surface area (Å²) in [6.45, 7) is 2.31. The normalized spacial score (nSPS) is 28.5. The van der Waals surface area contributed by atoms with E-state index >= 15 is 0 Å². The van der Waals surface area contributed by atoms with Crippen LogP contribution in [0.25, 0.3) is 0 Å². The monoisotopic (exact) mass is 320 g/mol. The van der Waals surface area contributed by atoms with Crippen molar-refractivity contribution in [2.75, 3.05) is 13.3 Å². The van der Waals surface area contributed by atoms with Gasteiger partial charge in [-0.25, -0.2) is 4.79 Å². The van der Waals surface area contributed by atoms with Gasteiger partial charge in [0.2, 0.25) is 0 Å². The zero-order valence-corrected chi connectivity index (χ0v) is 12.4. The molecule has 1 aromatic rings. The second kappa shape index (κ2) is 5.86. The average Bonchev–Trinajstić information content (AvgIpc) is 2.72. The summed E-state index contributed by atoms with van der Waals surface area (Å²) in [5, 5.41) is 9.87. The van der Waals surface area contributed by atoms with Crippen LogP contribution in [0.15, 0.2) is 15.8 Å². The Morgan fingerprint density at radius 3 is 2.86 bits per heavy atom. The van der Waals surface area contributed by atoms with Gasteiger partial charge in [-0.3, -0.25) is 18.9 Å². The van der Waals surface area contributed by atoms with Crippen molar-refractivity contribution in [2.45, 2.75) is 31.8 Å². The molecule has 0 bridgehead atoms. The molecule has 9 nitrogen and oxygen atoms in total. The zero-order chi connectivity index (χ0) is 15.8. The molecule has 1 unspecified atom stereocenters. The first-order chi connectivity index (χ1) is 9.67. The first-order valence-electron chi connectivity index (χ1n) is 6.28. The molecule has 1 aliphatic rings. The fourth-order valence-electron chi connectivity index (χ4n) is 2.05. The van der Waals surface area contributed by atoms with Gasteiger partial charge in [0.25, 0.3) is 5.56 Å². The summed E-state index contributed by atoms with van der Waals surface area (Å²) in [5.41, 5.74) is -0.796. The van der Waals surface area contributed by atoms with Gasteiger partial charge in [0, 0.05) is 24.8 Å². The van der Waals surface area contributed by atoms with Gasteiger partial charge < -0.3 is 19.3 Å². The minimum Gasteiger partial charge on any atom is -0.390 e. The van der Waals surface area contributed by atoms with Crippen molar-refractivity contribution >= 4 is 7.60 Å². The topological polar surface area (TPSA) is 131 Å². The minimum atomic E-state index is -3.67. The highest BCUT2D eigenvalue weighted by atomic mass is 31.2. The minimum absolute atomic E-state index is 0.110. The molecule has 1 saturated heterocycles. The highest BCUT2D eigenvalue weighted by Crippen LogP contribution is 2.38. The maximum Gasteiger partial charge on any atom is 0.330 e. The smallest absolute Gasteiger partial charge is 0.330 e. The van der Waals surface area contributed by atoms with Crippen LogP contribution in [0.2, 0.25) is 0 Å². The Morgan fingerprint density at radius 2 is 2.24 bits per heavy atom. The molecule has 0 aromatic carbocycles. The number of nitrogens with zero attached hydrogens (tertiary/aromatic N) is 1. The van der Waals surface area contributed by atoms with Gasteiger partial charge in [0.1, 0.15) is 12.3 Å². The number of aliphatic hydroxyl groups excluding tert-OH is 1. The SMILES string of the molecule is Cc1cn([C@H]2C[C@@H](O)[C@@H](COP(C)(=O)O)O2)c(=O)[nH]c1=O. The van der Waals surface area contributed by atoms with Crippen molar-refractivity contribution in [3.8, 4) is 0 Å². The van der Waals surface area contributed by atoms with E-state index in [1.54, 1.807) is 6.92 Å². The van der Waals surface area contributed by atoms with Crippen molar-refractivity contribution < 1.29 is 23.8 Å². The lowest BCUT2D eigenvalue weighted by atomic mass is 10.2. The van der Waals surface area contributed by atoms with E-state index in [2.05, 4.69) is 4.98 Å². The summed E-state index contributed by atoms with van der Waals surface area (Å²) < 4.78 is 22.4. The lowest BCUT2D eigenvalue weighted by Crippen LogP contribution is -2.33. The number of hydrogen-bond acceptors (Lipinski definition) is 6. The molecule has 118 valence electrons. The summed E-state index contributed by atoms with van der Waals surface area (Å²) in [4.78, 5) is 34.3. The molecule has 1 aromatic heterocycles. The van der Waals surface area contributed by atoms with Crippen LogP contribution < -0.4 is 11.2 Å². The quantitative estimate of drug-likeness (QED) is 0.627. The van der Waals surface area contributed by atoms with Gasteiger partial charge in [-0.2, -0.15) is 0 Å². The molecule has 2 rings (SSSR count). The van der Waals surface area contributed by atoms with Crippen LogP contribution in [0, 0.1) is 6.92 Å². The highest BCUT2D eigenvalue weighted by Gasteiger charge is 2.36. The predicted octanol–water partition coefficient (Wildman–Crippen LogP) is -0.675. The van der Waals surface area contributed by atoms with Gasteiger partial charge in [-0.05, 0) is 6.92 Å². The molecule has 1 fully saturated rings. The molecule has 0 radical (unpaired) electrons. The Morgan fingerprint density at radius 1 is 1.57 bits per heavy atom. The molecule has 0 amide bonds. The first kappa shape index (κ1) is 16.1. The molecule has 10 heteroatoms. The number of nitrogens with one attached hydrogen (secondary N) is 1. The van der Waals surface area contributed by atoms with Crippen LogP contribution in [0.3, 0.4) is 0 Å². The van der Waals surface area contributed by atoms with Gasteiger partial charge in [-0.15, -0.1) is 0 Å². The second-order valence-corrected chi connectivity index (χ2v) is 6.87. The van der Waals surface area contributed by atoms with E-state index in [0.717, 1.165) is 6.66 Å². The van der Waals surface area contributed by atoms with Crippen molar-refractivity contribution in [1.82, 2.24) is 9.55 Å². The zero-order valence-electron chi connectivity index (χ0n) is 11.6. The van der Waals surface area contributed by atoms with E-state index in [1.807, 2.05) is 0 Å². The first-order valence-corrected chi connectivity index (χ1v) is 8.30. The standard InChI is InChI=1S/C11H17N2O7P/c1-6-4-13(11(16)12-10(6)15)9-3-7(14)8(20-9)5-19-21(2,17)18/h4,7-9,14H,3,5H2,1-2H3,(H,17,18)(H,12,15,16)/t7-,8-,9-/m1/s1. The number of rotatable bonds is 4. The molecule has 1 aliphatic heterocycles. The Kier molecular flexibility index (Phi) is 4.50. The summed E-state index contributed by atoms with van der Waals surface area (Å²) in [7, 11) is -3.67.